The highest BCUT2D eigenvalue weighted by Gasteiger charge is 2.02. The fraction of sp³-hybridized carbons (Fsp3) is 0.375. The van der Waals surface area contributed by atoms with E-state index < -0.39 is 0 Å². The first kappa shape index (κ1) is 8.53. The third-order valence-electron chi connectivity index (χ3n) is 1.13. The van der Waals surface area contributed by atoms with Gasteiger partial charge in [-0.3, -0.25) is 0 Å². The minimum Gasteiger partial charge on any atom is -0.147 e. The Balaban J connectivity index is 2.65. The van der Waals surface area contributed by atoms with E-state index in [1.54, 1.807) is 0 Å². The van der Waals surface area contributed by atoms with Crippen molar-refractivity contribution in [2.75, 3.05) is 0 Å². The third kappa shape index (κ3) is 2.23. The van der Waals surface area contributed by atoms with E-state index >= 15 is 0 Å². The van der Waals surface area contributed by atoms with Crippen LogP contribution in [0.5, 0.6) is 0 Å². The van der Waals surface area contributed by atoms with E-state index in [1.807, 2.05) is 11.3 Å². The zero-order chi connectivity index (χ0) is 7.56. The standard InChI is InChI=1S/C8H10IS/c1-6(2)5-8-7(9)3-4-10-8/h3-6H,1-2H3. The molecule has 1 aromatic rings. The molecule has 0 nitrogen and oxygen atoms in total. The van der Waals surface area contributed by atoms with Gasteiger partial charge in [0.1, 0.15) is 0 Å². The highest BCUT2D eigenvalue weighted by atomic mass is 127. The van der Waals surface area contributed by atoms with Crippen LogP contribution in [0.15, 0.2) is 11.4 Å². The maximum absolute atomic E-state index is 2.37. The average Bonchev–Trinajstić information content (AvgIpc) is 2.15. The van der Waals surface area contributed by atoms with Crippen molar-refractivity contribution in [3.63, 3.8) is 0 Å². The summed E-state index contributed by atoms with van der Waals surface area (Å²) < 4.78 is 1.37. The van der Waals surface area contributed by atoms with Gasteiger partial charge in [0.05, 0.1) is 0 Å². The van der Waals surface area contributed by atoms with Crippen LogP contribution < -0.4 is 0 Å². The molecule has 0 bridgehead atoms. The van der Waals surface area contributed by atoms with Gasteiger partial charge in [0.15, 0.2) is 0 Å². The van der Waals surface area contributed by atoms with E-state index in [0.29, 0.717) is 5.92 Å². The molecule has 0 aliphatic carbocycles. The van der Waals surface area contributed by atoms with Gasteiger partial charge in [-0.2, -0.15) is 0 Å². The van der Waals surface area contributed by atoms with Gasteiger partial charge in [0, 0.05) is 14.9 Å². The minimum atomic E-state index is 0.659. The summed E-state index contributed by atoms with van der Waals surface area (Å²) in [5.74, 6) is 0.659. The Kier molecular flexibility index (Phi) is 3.17. The Hall–Kier alpha value is 0.430. The van der Waals surface area contributed by atoms with Gasteiger partial charge >= 0.3 is 0 Å². The summed E-state index contributed by atoms with van der Waals surface area (Å²) >= 11 is 4.18. The Bertz CT molecular complexity index is 203. The summed E-state index contributed by atoms with van der Waals surface area (Å²) in [6, 6.07) is 2.15. The summed E-state index contributed by atoms with van der Waals surface area (Å²) in [6.07, 6.45) is 2.30. The lowest BCUT2D eigenvalue weighted by Crippen LogP contribution is -1.88. The van der Waals surface area contributed by atoms with E-state index in [0.717, 1.165) is 0 Å². The highest BCUT2D eigenvalue weighted by Crippen LogP contribution is 2.23. The maximum atomic E-state index is 2.37. The second-order valence-corrected chi connectivity index (χ2v) is 4.65. The Labute approximate surface area is 79.8 Å². The minimum absolute atomic E-state index is 0.659. The van der Waals surface area contributed by atoms with Gasteiger partial charge in [0.2, 0.25) is 0 Å². The zero-order valence-corrected chi connectivity index (χ0v) is 9.07. The molecule has 2 heteroatoms. The molecule has 10 heavy (non-hydrogen) atoms. The van der Waals surface area contributed by atoms with Crippen LogP contribution in [0.1, 0.15) is 18.7 Å². The molecule has 1 rings (SSSR count). The Morgan fingerprint density at radius 1 is 1.60 bits per heavy atom. The summed E-state index contributed by atoms with van der Waals surface area (Å²) in [6.45, 7) is 4.41. The first-order valence-corrected chi connectivity index (χ1v) is 5.24. The van der Waals surface area contributed by atoms with Crippen molar-refractivity contribution in [1.29, 1.82) is 0 Å². The molecule has 55 valence electrons. The lowest BCUT2D eigenvalue weighted by Gasteiger charge is -2.00. The maximum Gasteiger partial charge on any atom is 0.0272 e. The van der Waals surface area contributed by atoms with Crippen molar-refractivity contribution < 1.29 is 0 Å². The summed E-state index contributed by atoms with van der Waals surface area (Å²) in [5.41, 5.74) is 0. The fourth-order valence-corrected chi connectivity index (χ4v) is 2.59. The number of halogens is 1. The van der Waals surface area contributed by atoms with Crippen molar-refractivity contribution in [2.45, 2.75) is 13.8 Å². The summed E-state index contributed by atoms with van der Waals surface area (Å²) in [5, 5.41) is 2.13. The molecule has 0 aliphatic rings. The van der Waals surface area contributed by atoms with Gasteiger partial charge in [-0.15, -0.1) is 11.3 Å². The molecular weight excluding hydrogens is 255 g/mol. The van der Waals surface area contributed by atoms with Gasteiger partial charge in [-0.05, 0) is 40.0 Å². The molecule has 0 spiro atoms. The number of hydrogen-bond donors (Lipinski definition) is 0. The molecule has 0 aliphatic heterocycles. The van der Waals surface area contributed by atoms with Gasteiger partial charge in [-0.25, -0.2) is 0 Å². The van der Waals surface area contributed by atoms with Crippen LogP contribution in [0, 0.1) is 15.9 Å². The molecule has 0 fully saturated rings. The van der Waals surface area contributed by atoms with Crippen LogP contribution in [-0.4, -0.2) is 0 Å². The van der Waals surface area contributed by atoms with Gasteiger partial charge in [0.25, 0.3) is 0 Å². The quantitative estimate of drug-likeness (QED) is 0.717. The second kappa shape index (κ2) is 3.72. The van der Waals surface area contributed by atoms with E-state index in [9.17, 15) is 0 Å². The average molecular weight is 265 g/mol. The summed E-state index contributed by atoms with van der Waals surface area (Å²) in [4.78, 5) is 1.41. The third-order valence-corrected chi connectivity index (χ3v) is 3.32. The molecular formula is C8H10IS. The molecule has 0 atom stereocenters. The normalized spacial score (nSPS) is 10.8. The predicted molar refractivity (Wildman–Crippen MR) is 55.3 cm³/mol. The number of rotatable bonds is 2. The van der Waals surface area contributed by atoms with Crippen molar-refractivity contribution in [2.24, 2.45) is 5.92 Å². The topological polar surface area (TPSA) is 0 Å². The molecule has 1 aromatic heterocycles. The Morgan fingerprint density at radius 3 is 2.70 bits per heavy atom. The van der Waals surface area contributed by atoms with E-state index in [-0.39, 0.29) is 0 Å². The van der Waals surface area contributed by atoms with Crippen molar-refractivity contribution >= 4 is 33.9 Å². The van der Waals surface area contributed by atoms with Crippen LogP contribution in [-0.2, 0) is 0 Å². The monoisotopic (exact) mass is 265 g/mol. The summed E-state index contributed by atoms with van der Waals surface area (Å²) in [7, 11) is 0. The first-order chi connectivity index (χ1) is 4.70. The Morgan fingerprint density at radius 2 is 2.30 bits per heavy atom. The lowest BCUT2D eigenvalue weighted by molar-refractivity contribution is 0.780. The van der Waals surface area contributed by atoms with Crippen LogP contribution in [0.3, 0.4) is 0 Å². The van der Waals surface area contributed by atoms with Crippen LogP contribution in [0.4, 0.5) is 0 Å². The number of hydrogen-bond acceptors (Lipinski definition) is 1. The molecule has 0 N–H and O–H groups in total. The van der Waals surface area contributed by atoms with Crippen molar-refractivity contribution in [3.05, 3.63) is 26.3 Å². The molecule has 0 aromatic carbocycles. The zero-order valence-electron chi connectivity index (χ0n) is 6.10. The highest BCUT2D eigenvalue weighted by molar-refractivity contribution is 14.1. The van der Waals surface area contributed by atoms with E-state index in [4.69, 9.17) is 0 Å². The van der Waals surface area contributed by atoms with Crippen molar-refractivity contribution in [3.8, 4) is 0 Å². The fourth-order valence-electron chi connectivity index (χ4n) is 0.727. The second-order valence-electron chi connectivity index (χ2n) is 2.54. The predicted octanol–water partition coefficient (Wildman–Crippen LogP) is 3.56. The van der Waals surface area contributed by atoms with Crippen LogP contribution in [0.2, 0.25) is 0 Å². The molecule has 0 amide bonds. The van der Waals surface area contributed by atoms with Gasteiger partial charge in [-0.1, -0.05) is 13.8 Å². The van der Waals surface area contributed by atoms with E-state index in [1.165, 1.54) is 8.45 Å². The van der Waals surface area contributed by atoms with Crippen LogP contribution in [0.25, 0.3) is 0 Å². The van der Waals surface area contributed by atoms with Crippen molar-refractivity contribution in [1.82, 2.24) is 0 Å². The molecule has 0 saturated carbocycles. The lowest BCUT2D eigenvalue weighted by atomic mass is 10.1. The molecule has 0 unspecified atom stereocenters. The largest absolute Gasteiger partial charge is 0.147 e. The molecule has 1 heterocycles. The smallest absolute Gasteiger partial charge is 0.0272 e. The first-order valence-electron chi connectivity index (χ1n) is 3.28. The van der Waals surface area contributed by atoms with E-state index in [2.05, 4.69) is 54.3 Å². The van der Waals surface area contributed by atoms with Gasteiger partial charge < -0.3 is 0 Å². The molecule has 0 saturated heterocycles. The number of thiophene rings is 1. The SMILES string of the molecule is CC(C)[CH]c1sccc1I. The van der Waals surface area contributed by atoms with Crippen LogP contribution >= 0.6 is 33.9 Å². The molecule has 1 radical (unpaired) electrons.